The molecule has 2 unspecified atom stereocenters. The molecule has 0 radical (unpaired) electrons. The van der Waals surface area contributed by atoms with Crippen LogP contribution in [-0.4, -0.2) is 38.4 Å². The maximum absolute atomic E-state index is 12.3. The molecule has 1 aromatic rings. The second-order valence-corrected chi connectivity index (χ2v) is 11.0. The van der Waals surface area contributed by atoms with Crippen LogP contribution in [0.4, 0.5) is 0 Å². The van der Waals surface area contributed by atoms with Gasteiger partial charge < -0.3 is 10.6 Å². The number of benzene rings is 1. The van der Waals surface area contributed by atoms with Gasteiger partial charge in [-0.15, -0.1) is 0 Å². The van der Waals surface area contributed by atoms with Crippen molar-refractivity contribution >= 4 is 15.7 Å². The number of carbonyl (C=O) groups is 1. The Morgan fingerprint density at radius 3 is 2.32 bits per heavy atom. The maximum atomic E-state index is 12.3. The fourth-order valence-corrected chi connectivity index (χ4v) is 6.21. The summed E-state index contributed by atoms with van der Waals surface area (Å²) in [5.74, 6) is 1.15. The van der Waals surface area contributed by atoms with Gasteiger partial charge in [0.15, 0.2) is 9.84 Å². The van der Waals surface area contributed by atoms with Gasteiger partial charge in [0.2, 0.25) is 5.91 Å². The number of carbonyl (C=O) groups excluding carboxylic acids is 1. The number of rotatable bonds is 7. The molecule has 1 heterocycles. The normalized spacial score (nSPS) is 23.6. The van der Waals surface area contributed by atoms with Gasteiger partial charge in [-0.25, -0.2) is 8.42 Å². The van der Waals surface area contributed by atoms with E-state index in [1.807, 2.05) is 0 Å². The largest absolute Gasteiger partial charge is 0.351 e. The van der Waals surface area contributed by atoms with Crippen LogP contribution in [-0.2, 0) is 14.6 Å². The van der Waals surface area contributed by atoms with Gasteiger partial charge in [0.1, 0.15) is 0 Å². The van der Waals surface area contributed by atoms with Gasteiger partial charge >= 0.3 is 0 Å². The molecule has 2 atom stereocenters. The summed E-state index contributed by atoms with van der Waals surface area (Å²) >= 11 is 0. The quantitative estimate of drug-likeness (QED) is 0.728. The van der Waals surface area contributed by atoms with Crippen LogP contribution in [0, 0.1) is 5.92 Å². The monoisotopic (exact) mass is 406 g/mol. The summed E-state index contributed by atoms with van der Waals surface area (Å²) in [6, 6.07) is 8.76. The Morgan fingerprint density at radius 1 is 1.07 bits per heavy atom. The predicted octanol–water partition coefficient (Wildman–Crippen LogP) is 3.32. The molecule has 0 bridgehead atoms. The molecule has 156 valence electrons. The van der Waals surface area contributed by atoms with Crippen LogP contribution < -0.4 is 10.6 Å². The molecule has 1 aliphatic heterocycles. The van der Waals surface area contributed by atoms with Crippen molar-refractivity contribution in [2.45, 2.75) is 70.4 Å². The minimum absolute atomic E-state index is 0.0645. The molecule has 1 aliphatic carbocycles. The SMILES string of the molecule is CC(C)C(NCC(=O)NC1CCS(=O)(=O)C1)c1ccc(C2CCCCC2)cc1. The van der Waals surface area contributed by atoms with E-state index < -0.39 is 9.84 Å². The lowest BCUT2D eigenvalue weighted by atomic mass is 9.83. The van der Waals surface area contributed by atoms with E-state index in [0.29, 0.717) is 18.3 Å². The van der Waals surface area contributed by atoms with Crippen LogP contribution >= 0.6 is 0 Å². The number of sulfone groups is 1. The van der Waals surface area contributed by atoms with Crippen molar-refractivity contribution in [2.75, 3.05) is 18.1 Å². The van der Waals surface area contributed by atoms with Crippen LogP contribution in [0.2, 0.25) is 0 Å². The molecule has 0 spiro atoms. The maximum Gasteiger partial charge on any atom is 0.234 e. The van der Waals surface area contributed by atoms with E-state index in [1.54, 1.807) is 0 Å². The summed E-state index contributed by atoms with van der Waals surface area (Å²) in [6.07, 6.45) is 7.14. The predicted molar refractivity (Wildman–Crippen MR) is 113 cm³/mol. The summed E-state index contributed by atoms with van der Waals surface area (Å²) in [7, 11) is -2.98. The third-order valence-electron chi connectivity index (χ3n) is 6.12. The zero-order chi connectivity index (χ0) is 20.1. The molecule has 28 heavy (non-hydrogen) atoms. The van der Waals surface area contributed by atoms with Gasteiger partial charge in [-0.1, -0.05) is 57.4 Å². The zero-order valence-corrected chi connectivity index (χ0v) is 17.9. The van der Waals surface area contributed by atoms with Gasteiger partial charge in [-0.3, -0.25) is 4.79 Å². The highest BCUT2D eigenvalue weighted by Crippen LogP contribution is 2.33. The van der Waals surface area contributed by atoms with Gasteiger partial charge in [0.25, 0.3) is 0 Å². The molecule has 1 aromatic carbocycles. The summed E-state index contributed by atoms with van der Waals surface area (Å²) in [4.78, 5) is 12.3. The molecule has 1 amide bonds. The average molecular weight is 407 g/mol. The molecule has 1 saturated carbocycles. The molecular weight excluding hydrogens is 372 g/mol. The van der Waals surface area contributed by atoms with E-state index in [-0.39, 0.29) is 36.0 Å². The molecular formula is C22H34N2O3S. The van der Waals surface area contributed by atoms with Crippen molar-refractivity contribution in [1.29, 1.82) is 0 Å². The Bertz CT molecular complexity index is 752. The molecule has 2 fully saturated rings. The highest BCUT2D eigenvalue weighted by molar-refractivity contribution is 7.91. The first-order valence-corrected chi connectivity index (χ1v) is 12.5. The number of amides is 1. The summed E-state index contributed by atoms with van der Waals surface area (Å²) in [5, 5.41) is 6.22. The van der Waals surface area contributed by atoms with E-state index in [9.17, 15) is 13.2 Å². The van der Waals surface area contributed by atoms with Crippen molar-refractivity contribution in [3.05, 3.63) is 35.4 Å². The Morgan fingerprint density at radius 2 is 1.75 bits per heavy atom. The van der Waals surface area contributed by atoms with Crippen LogP contribution in [0.5, 0.6) is 0 Å². The molecule has 0 aromatic heterocycles. The van der Waals surface area contributed by atoms with E-state index in [1.165, 1.54) is 43.2 Å². The van der Waals surface area contributed by atoms with Crippen molar-refractivity contribution in [3.8, 4) is 0 Å². The zero-order valence-electron chi connectivity index (χ0n) is 17.1. The topological polar surface area (TPSA) is 75.3 Å². The fourth-order valence-electron chi connectivity index (χ4n) is 4.54. The third-order valence-corrected chi connectivity index (χ3v) is 7.89. The molecule has 3 rings (SSSR count). The lowest BCUT2D eigenvalue weighted by Crippen LogP contribution is -2.42. The minimum atomic E-state index is -2.98. The van der Waals surface area contributed by atoms with Gasteiger partial charge in [0, 0.05) is 12.1 Å². The first-order chi connectivity index (χ1) is 13.3. The van der Waals surface area contributed by atoms with Crippen LogP contribution in [0.15, 0.2) is 24.3 Å². The Kier molecular flexibility index (Phi) is 7.15. The summed E-state index contributed by atoms with van der Waals surface area (Å²) < 4.78 is 23.1. The lowest BCUT2D eigenvalue weighted by Gasteiger charge is -2.25. The molecule has 6 heteroatoms. The first kappa shape index (κ1) is 21.3. The number of hydrogen-bond donors (Lipinski definition) is 2. The smallest absolute Gasteiger partial charge is 0.234 e. The Balaban J connectivity index is 1.55. The Labute approximate surface area is 169 Å². The highest BCUT2D eigenvalue weighted by Gasteiger charge is 2.29. The highest BCUT2D eigenvalue weighted by atomic mass is 32.2. The third kappa shape index (κ3) is 5.80. The number of hydrogen-bond acceptors (Lipinski definition) is 4. The van der Waals surface area contributed by atoms with Crippen LogP contribution in [0.3, 0.4) is 0 Å². The van der Waals surface area contributed by atoms with Gasteiger partial charge in [0.05, 0.1) is 18.1 Å². The van der Waals surface area contributed by atoms with Crippen molar-refractivity contribution in [1.82, 2.24) is 10.6 Å². The second kappa shape index (κ2) is 9.40. The summed E-state index contributed by atoms with van der Waals surface area (Å²) in [6.45, 7) is 4.49. The van der Waals surface area contributed by atoms with Gasteiger partial charge in [-0.05, 0) is 42.2 Å². The van der Waals surface area contributed by atoms with Crippen molar-refractivity contribution in [2.24, 2.45) is 5.92 Å². The van der Waals surface area contributed by atoms with Crippen LogP contribution in [0.1, 0.15) is 75.5 Å². The van der Waals surface area contributed by atoms with E-state index in [2.05, 4.69) is 48.7 Å². The summed E-state index contributed by atoms with van der Waals surface area (Å²) in [5.41, 5.74) is 2.64. The molecule has 1 saturated heterocycles. The number of nitrogens with one attached hydrogen (secondary N) is 2. The van der Waals surface area contributed by atoms with Crippen molar-refractivity contribution in [3.63, 3.8) is 0 Å². The molecule has 2 N–H and O–H groups in total. The van der Waals surface area contributed by atoms with Gasteiger partial charge in [-0.2, -0.15) is 0 Å². The Hall–Kier alpha value is -1.40. The second-order valence-electron chi connectivity index (χ2n) is 8.77. The average Bonchev–Trinajstić information content (AvgIpc) is 3.01. The molecule has 5 nitrogen and oxygen atoms in total. The van der Waals surface area contributed by atoms with E-state index >= 15 is 0 Å². The molecule has 2 aliphatic rings. The standard InChI is InChI=1S/C22H34N2O3S/c1-16(2)22(23-14-21(25)24-20-12-13-28(26,27)15-20)19-10-8-18(9-11-19)17-6-4-3-5-7-17/h8-11,16-17,20,22-23H,3-7,12-15H2,1-2H3,(H,24,25). The minimum Gasteiger partial charge on any atom is -0.351 e. The van der Waals surface area contributed by atoms with E-state index in [4.69, 9.17) is 0 Å². The fraction of sp³-hybridized carbons (Fsp3) is 0.682. The lowest BCUT2D eigenvalue weighted by molar-refractivity contribution is -0.121. The van der Waals surface area contributed by atoms with Crippen molar-refractivity contribution < 1.29 is 13.2 Å². The van der Waals surface area contributed by atoms with E-state index in [0.717, 1.165) is 0 Å². The first-order valence-electron chi connectivity index (χ1n) is 10.7. The van der Waals surface area contributed by atoms with Crippen LogP contribution in [0.25, 0.3) is 0 Å².